The van der Waals surface area contributed by atoms with Crippen molar-refractivity contribution in [2.24, 2.45) is 5.73 Å². The van der Waals surface area contributed by atoms with E-state index in [-0.39, 0.29) is 11.9 Å². The number of nitrogens with two attached hydrogens (primary N) is 1. The van der Waals surface area contributed by atoms with Gasteiger partial charge >= 0.3 is 0 Å². The minimum Gasteiger partial charge on any atom is -0.467 e. The van der Waals surface area contributed by atoms with Crippen LogP contribution >= 0.6 is 0 Å². The van der Waals surface area contributed by atoms with E-state index >= 15 is 0 Å². The van der Waals surface area contributed by atoms with E-state index in [1.54, 1.807) is 12.3 Å². The zero-order valence-corrected chi connectivity index (χ0v) is 11.1. The molecule has 0 aliphatic carbocycles. The molecule has 1 aromatic carbocycles. The standard InChI is InChI=1S/C15H18N2O2/c1-10-5-7-12(8-6-10)14(16)15(18)17-11(2)13-4-3-9-19-13/h3-9,11,14H,16H2,1-2H3,(H,17,18). The molecule has 2 aromatic rings. The van der Waals surface area contributed by atoms with Crippen LogP contribution in [0.4, 0.5) is 0 Å². The van der Waals surface area contributed by atoms with Gasteiger partial charge in [-0.15, -0.1) is 0 Å². The van der Waals surface area contributed by atoms with Crippen LogP contribution in [0.1, 0.15) is 35.9 Å². The number of nitrogens with one attached hydrogen (secondary N) is 1. The highest BCUT2D eigenvalue weighted by atomic mass is 16.3. The number of hydrogen-bond donors (Lipinski definition) is 2. The third kappa shape index (κ3) is 3.23. The molecule has 0 aliphatic heterocycles. The van der Waals surface area contributed by atoms with E-state index in [2.05, 4.69) is 5.32 Å². The van der Waals surface area contributed by atoms with E-state index in [0.29, 0.717) is 5.76 Å². The molecule has 0 aliphatic rings. The Labute approximate surface area is 112 Å². The molecule has 2 unspecified atom stereocenters. The van der Waals surface area contributed by atoms with Crippen molar-refractivity contribution in [3.05, 3.63) is 59.5 Å². The molecule has 1 amide bonds. The fourth-order valence-corrected chi connectivity index (χ4v) is 1.84. The van der Waals surface area contributed by atoms with Gasteiger partial charge in [0.05, 0.1) is 12.3 Å². The predicted molar refractivity (Wildman–Crippen MR) is 73.4 cm³/mol. The van der Waals surface area contributed by atoms with Gasteiger partial charge in [-0.05, 0) is 31.5 Å². The summed E-state index contributed by atoms with van der Waals surface area (Å²) in [5.74, 6) is 0.497. The van der Waals surface area contributed by atoms with Crippen LogP contribution in [-0.4, -0.2) is 5.91 Å². The largest absolute Gasteiger partial charge is 0.467 e. The zero-order valence-electron chi connectivity index (χ0n) is 11.1. The lowest BCUT2D eigenvalue weighted by atomic mass is 10.0. The van der Waals surface area contributed by atoms with Crippen molar-refractivity contribution in [1.29, 1.82) is 0 Å². The Balaban J connectivity index is 2.01. The summed E-state index contributed by atoms with van der Waals surface area (Å²) >= 11 is 0. The highest BCUT2D eigenvalue weighted by Gasteiger charge is 2.19. The number of rotatable bonds is 4. The Bertz CT molecular complexity index is 532. The van der Waals surface area contributed by atoms with Crippen LogP contribution in [0, 0.1) is 6.92 Å². The zero-order chi connectivity index (χ0) is 13.8. The molecule has 100 valence electrons. The van der Waals surface area contributed by atoms with E-state index in [9.17, 15) is 4.79 Å². The predicted octanol–water partition coefficient (Wildman–Crippen LogP) is 2.47. The van der Waals surface area contributed by atoms with Gasteiger partial charge in [0, 0.05) is 0 Å². The molecule has 0 spiro atoms. The molecule has 19 heavy (non-hydrogen) atoms. The Morgan fingerprint density at radius 1 is 1.26 bits per heavy atom. The fourth-order valence-electron chi connectivity index (χ4n) is 1.84. The first-order valence-electron chi connectivity index (χ1n) is 6.24. The minimum atomic E-state index is -0.669. The highest BCUT2D eigenvalue weighted by molar-refractivity contribution is 5.83. The molecule has 0 radical (unpaired) electrons. The monoisotopic (exact) mass is 258 g/mol. The number of carbonyl (C=O) groups is 1. The number of amides is 1. The molecule has 2 atom stereocenters. The van der Waals surface area contributed by atoms with Crippen LogP contribution in [0.25, 0.3) is 0 Å². The highest BCUT2D eigenvalue weighted by Crippen LogP contribution is 2.16. The van der Waals surface area contributed by atoms with Gasteiger partial charge in [-0.3, -0.25) is 4.79 Å². The molecular weight excluding hydrogens is 240 g/mol. The first-order chi connectivity index (χ1) is 9.08. The second kappa shape index (κ2) is 5.71. The number of aryl methyl sites for hydroxylation is 1. The van der Waals surface area contributed by atoms with Crippen molar-refractivity contribution in [1.82, 2.24) is 5.32 Å². The molecule has 4 heteroatoms. The maximum atomic E-state index is 12.1. The summed E-state index contributed by atoms with van der Waals surface area (Å²) in [5, 5.41) is 2.84. The number of hydrogen-bond acceptors (Lipinski definition) is 3. The maximum Gasteiger partial charge on any atom is 0.242 e. The van der Waals surface area contributed by atoms with Crippen LogP contribution in [-0.2, 0) is 4.79 Å². The lowest BCUT2D eigenvalue weighted by molar-refractivity contribution is -0.123. The number of furan rings is 1. The van der Waals surface area contributed by atoms with E-state index in [1.165, 1.54) is 0 Å². The smallest absolute Gasteiger partial charge is 0.242 e. The van der Waals surface area contributed by atoms with Gasteiger partial charge in [-0.25, -0.2) is 0 Å². The lowest BCUT2D eigenvalue weighted by Gasteiger charge is -2.16. The minimum absolute atomic E-state index is 0.195. The van der Waals surface area contributed by atoms with Crippen LogP contribution in [0.15, 0.2) is 47.1 Å². The van der Waals surface area contributed by atoms with Crippen molar-refractivity contribution >= 4 is 5.91 Å². The van der Waals surface area contributed by atoms with Gasteiger partial charge in [0.15, 0.2) is 0 Å². The van der Waals surface area contributed by atoms with Crippen molar-refractivity contribution in [2.45, 2.75) is 25.9 Å². The van der Waals surface area contributed by atoms with Gasteiger partial charge in [0.1, 0.15) is 11.8 Å². The topological polar surface area (TPSA) is 68.3 Å². The Morgan fingerprint density at radius 2 is 1.95 bits per heavy atom. The van der Waals surface area contributed by atoms with Crippen LogP contribution in [0.3, 0.4) is 0 Å². The normalized spacial score (nSPS) is 13.8. The van der Waals surface area contributed by atoms with E-state index in [0.717, 1.165) is 11.1 Å². The Kier molecular flexibility index (Phi) is 4.02. The molecule has 4 nitrogen and oxygen atoms in total. The molecule has 0 bridgehead atoms. The summed E-state index contributed by atoms with van der Waals surface area (Å²) in [6.45, 7) is 3.85. The lowest BCUT2D eigenvalue weighted by Crippen LogP contribution is -2.35. The molecule has 0 fully saturated rings. The van der Waals surface area contributed by atoms with Crippen molar-refractivity contribution < 1.29 is 9.21 Å². The molecular formula is C15H18N2O2. The van der Waals surface area contributed by atoms with Gasteiger partial charge in [0.25, 0.3) is 0 Å². The quantitative estimate of drug-likeness (QED) is 0.885. The summed E-state index contributed by atoms with van der Waals surface area (Å²) in [6, 6.07) is 10.4. The summed E-state index contributed by atoms with van der Waals surface area (Å²) in [5.41, 5.74) is 7.89. The van der Waals surface area contributed by atoms with Crippen molar-refractivity contribution in [2.75, 3.05) is 0 Å². The fraction of sp³-hybridized carbons (Fsp3) is 0.267. The average Bonchev–Trinajstić information content (AvgIpc) is 2.92. The van der Waals surface area contributed by atoms with E-state index in [4.69, 9.17) is 10.2 Å². The number of benzene rings is 1. The van der Waals surface area contributed by atoms with Crippen LogP contribution in [0.5, 0.6) is 0 Å². The summed E-state index contributed by atoms with van der Waals surface area (Å²) < 4.78 is 5.24. The first kappa shape index (κ1) is 13.4. The van der Waals surface area contributed by atoms with Gasteiger partial charge in [-0.2, -0.15) is 0 Å². The molecule has 3 N–H and O–H groups in total. The van der Waals surface area contributed by atoms with E-state index in [1.807, 2.05) is 44.2 Å². The molecule has 2 rings (SSSR count). The van der Waals surface area contributed by atoms with Crippen LogP contribution in [0.2, 0.25) is 0 Å². The Morgan fingerprint density at radius 3 is 2.53 bits per heavy atom. The second-order valence-corrected chi connectivity index (χ2v) is 4.63. The van der Waals surface area contributed by atoms with Gasteiger partial charge in [-0.1, -0.05) is 29.8 Å². The van der Waals surface area contributed by atoms with Gasteiger partial charge < -0.3 is 15.5 Å². The van der Waals surface area contributed by atoms with Crippen molar-refractivity contribution in [3.63, 3.8) is 0 Å². The summed E-state index contributed by atoms with van der Waals surface area (Å²) in [7, 11) is 0. The SMILES string of the molecule is Cc1ccc(C(N)C(=O)NC(C)c2ccco2)cc1. The average molecular weight is 258 g/mol. The Hall–Kier alpha value is -2.07. The van der Waals surface area contributed by atoms with Crippen LogP contribution < -0.4 is 11.1 Å². The third-order valence-corrected chi connectivity index (χ3v) is 3.05. The maximum absolute atomic E-state index is 12.1. The first-order valence-corrected chi connectivity index (χ1v) is 6.24. The summed E-state index contributed by atoms with van der Waals surface area (Å²) in [4.78, 5) is 12.1. The molecule has 1 heterocycles. The second-order valence-electron chi connectivity index (χ2n) is 4.63. The third-order valence-electron chi connectivity index (χ3n) is 3.05. The number of carbonyl (C=O) groups excluding carboxylic acids is 1. The van der Waals surface area contributed by atoms with E-state index < -0.39 is 6.04 Å². The molecule has 0 saturated carbocycles. The molecule has 0 saturated heterocycles. The molecule has 1 aromatic heterocycles. The summed E-state index contributed by atoms with van der Waals surface area (Å²) in [6.07, 6.45) is 1.58. The van der Waals surface area contributed by atoms with Crippen molar-refractivity contribution in [3.8, 4) is 0 Å². The van der Waals surface area contributed by atoms with Gasteiger partial charge in [0.2, 0.25) is 5.91 Å².